The molecule has 1 aliphatic rings. The van der Waals surface area contributed by atoms with E-state index in [2.05, 4.69) is 46.1 Å². The lowest BCUT2D eigenvalue weighted by Crippen LogP contribution is -2.46. The quantitative estimate of drug-likeness (QED) is 0.428. The summed E-state index contributed by atoms with van der Waals surface area (Å²) in [5, 5.41) is 12.9. The molecule has 1 N–H and O–H groups in total. The molecular formula is C24H36N4O2S. The fourth-order valence-electron chi connectivity index (χ4n) is 4.53. The van der Waals surface area contributed by atoms with Crippen molar-refractivity contribution in [3.05, 3.63) is 35.7 Å². The number of aryl methyl sites for hydroxylation is 1. The van der Waals surface area contributed by atoms with Crippen LogP contribution in [0.4, 0.5) is 0 Å². The smallest absolute Gasteiger partial charge is 0.230 e. The maximum Gasteiger partial charge on any atom is 0.230 e. The van der Waals surface area contributed by atoms with Crippen molar-refractivity contribution in [3.63, 3.8) is 0 Å². The minimum absolute atomic E-state index is 0.158. The number of carbonyl (C=O) groups excluding carboxylic acids is 1. The van der Waals surface area contributed by atoms with Crippen molar-refractivity contribution in [2.24, 2.45) is 5.92 Å². The minimum atomic E-state index is -0.422. The van der Waals surface area contributed by atoms with Crippen LogP contribution in [0.5, 0.6) is 5.75 Å². The Morgan fingerprint density at radius 2 is 1.90 bits per heavy atom. The molecule has 0 spiro atoms. The summed E-state index contributed by atoms with van der Waals surface area (Å²) in [6.07, 6.45) is 8.91. The van der Waals surface area contributed by atoms with Crippen LogP contribution in [0.2, 0.25) is 0 Å². The van der Waals surface area contributed by atoms with E-state index in [4.69, 9.17) is 4.74 Å². The largest absolute Gasteiger partial charge is 0.497 e. The summed E-state index contributed by atoms with van der Waals surface area (Å²) in [6.45, 7) is 5.99. The Hall–Kier alpha value is -2.02. The summed E-state index contributed by atoms with van der Waals surface area (Å²) in [6, 6.07) is 8.04. The monoisotopic (exact) mass is 444 g/mol. The van der Waals surface area contributed by atoms with E-state index in [1.54, 1.807) is 18.9 Å². The lowest BCUT2D eigenvalue weighted by atomic mass is 9.68. The van der Waals surface area contributed by atoms with Gasteiger partial charge in [0.2, 0.25) is 5.91 Å². The first-order chi connectivity index (χ1) is 15.0. The molecule has 0 saturated heterocycles. The van der Waals surface area contributed by atoms with Crippen LogP contribution >= 0.6 is 11.8 Å². The zero-order valence-electron chi connectivity index (χ0n) is 19.3. The summed E-state index contributed by atoms with van der Waals surface area (Å²) >= 11 is 1.63. The van der Waals surface area contributed by atoms with Crippen LogP contribution in [0.1, 0.15) is 63.8 Å². The van der Waals surface area contributed by atoms with Crippen molar-refractivity contribution in [2.75, 3.05) is 19.9 Å². The Morgan fingerprint density at radius 1 is 1.19 bits per heavy atom. The number of methoxy groups -OCH3 is 1. The molecule has 1 fully saturated rings. The van der Waals surface area contributed by atoms with Crippen molar-refractivity contribution in [2.45, 2.75) is 75.9 Å². The molecule has 0 bridgehead atoms. The second-order valence-electron chi connectivity index (χ2n) is 8.84. The van der Waals surface area contributed by atoms with Gasteiger partial charge < -0.3 is 14.6 Å². The SMILES string of the molecule is COc1ccc(C2(C(=O)NCCCc3nnc(SC)n3CC(C)C)CCCCC2)cc1. The van der Waals surface area contributed by atoms with Crippen LogP contribution in [0, 0.1) is 5.92 Å². The Bertz CT molecular complexity index is 842. The number of rotatable bonds is 10. The topological polar surface area (TPSA) is 69.0 Å². The molecule has 6 nitrogen and oxygen atoms in total. The van der Waals surface area contributed by atoms with E-state index in [0.29, 0.717) is 12.5 Å². The van der Waals surface area contributed by atoms with Gasteiger partial charge in [0.1, 0.15) is 11.6 Å². The van der Waals surface area contributed by atoms with Crippen LogP contribution in [0.25, 0.3) is 0 Å². The number of thioether (sulfide) groups is 1. The average molecular weight is 445 g/mol. The van der Waals surface area contributed by atoms with Crippen molar-refractivity contribution in [1.82, 2.24) is 20.1 Å². The predicted molar refractivity (Wildman–Crippen MR) is 126 cm³/mol. The van der Waals surface area contributed by atoms with E-state index in [1.807, 2.05) is 18.4 Å². The molecule has 1 aliphatic carbocycles. The number of benzene rings is 1. The second-order valence-corrected chi connectivity index (χ2v) is 9.61. The highest BCUT2D eigenvalue weighted by Gasteiger charge is 2.40. The van der Waals surface area contributed by atoms with Gasteiger partial charge in [-0.2, -0.15) is 0 Å². The molecule has 3 rings (SSSR count). The van der Waals surface area contributed by atoms with Crippen LogP contribution in [0.3, 0.4) is 0 Å². The maximum absolute atomic E-state index is 13.4. The highest BCUT2D eigenvalue weighted by atomic mass is 32.2. The van der Waals surface area contributed by atoms with Crippen molar-refractivity contribution < 1.29 is 9.53 Å². The van der Waals surface area contributed by atoms with Crippen molar-refractivity contribution in [3.8, 4) is 5.75 Å². The van der Waals surface area contributed by atoms with Crippen molar-refractivity contribution in [1.29, 1.82) is 0 Å². The molecule has 7 heteroatoms. The molecule has 0 atom stereocenters. The fraction of sp³-hybridized carbons (Fsp3) is 0.625. The molecule has 0 unspecified atom stereocenters. The standard InChI is InChI=1S/C24H36N4O2S/c1-18(2)17-28-21(26-27-23(28)31-4)9-8-16-25-22(29)24(14-6-5-7-15-24)19-10-12-20(30-3)13-11-19/h10-13,18H,5-9,14-17H2,1-4H3,(H,25,29). The highest BCUT2D eigenvalue weighted by Crippen LogP contribution is 2.40. The summed E-state index contributed by atoms with van der Waals surface area (Å²) in [5.41, 5.74) is 0.681. The van der Waals surface area contributed by atoms with Gasteiger partial charge in [0, 0.05) is 19.5 Å². The Labute approximate surface area is 190 Å². The molecule has 1 aromatic carbocycles. The maximum atomic E-state index is 13.4. The first-order valence-electron chi connectivity index (χ1n) is 11.4. The van der Waals surface area contributed by atoms with E-state index < -0.39 is 5.41 Å². The van der Waals surface area contributed by atoms with Crippen LogP contribution in [-0.4, -0.2) is 40.6 Å². The normalized spacial score (nSPS) is 15.8. The number of ether oxygens (including phenoxy) is 1. The zero-order valence-corrected chi connectivity index (χ0v) is 20.1. The van der Waals surface area contributed by atoms with E-state index in [9.17, 15) is 4.79 Å². The predicted octanol–water partition coefficient (Wildman–Crippen LogP) is 4.62. The van der Waals surface area contributed by atoms with Gasteiger partial charge in [0.05, 0.1) is 12.5 Å². The number of hydrogen-bond donors (Lipinski definition) is 1. The van der Waals surface area contributed by atoms with Gasteiger partial charge in [-0.3, -0.25) is 4.79 Å². The summed E-state index contributed by atoms with van der Waals surface area (Å²) in [4.78, 5) is 13.4. The number of nitrogens with zero attached hydrogens (tertiary/aromatic N) is 3. The lowest BCUT2D eigenvalue weighted by Gasteiger charge is -2.36. The average Bonchev–Trinajstić information content (AvgIpc) is 3.17. The Balaban J connectivity index is 1.62. The van der Waals surface area contributed by atoms with Crippen LogP contribution in [-0.2, 0) is 23.2 Å². The minimum Gasteiger partial charge on any atom is -0.497 e. The molecule has 2 aromatic rings. The van der Waals surface area contributed by atoms with Gasteiger partial charge in [-0.25, -0.2) is 0 Å². The summed E-state index contributed by atoms with van der Waals surface area (Å²) in [7, 11) is 1.67. The van der Waals surface area contributed by atoms with E-state index in [1.165, 1.54) is 6.42 Å². The summed E-state index contributed by atoms with van der Waals surface area (Å²) < 4.78 is 7.52. The molecule has 0 aliphatic heterocycles. The molecule has 31 heavy (non-hydrogen) atoms. The molecule has 1 aromatic heterocycles. The second kappa shape index (κ2) is 11.0. The highest BCUT2D eigenvalue weighted by molar-refractivity contribution is 7.98. The molecule has 0 radical (unpaired) electrons. The zero-order chi connectivity index (χ0) is 22.3. The first-order valence-corrected chi connectivity index (χ1v) is 12.6. The number of carbonyl (C=O) groups is 1. The van der Waals surface area contributed by atoms with Crippen LogP contribution in [0.15, 0.2) is 29.4 Å². The van der Waals surface area contributed by atoms with Gasteiger partial charge >= 0.3 is 0 Å². The van der Waals surface area contributed by atoms with Gasteiger partial charge in [0.25, 0.3) is 0 Å². The number of aromatic nitrogens is 3. The Morgan fingerprint density at radius 3 is 2.52 bits per heavy atom. The number of amides is 1. The lowest BCUT2D eigenvalue weighted by molar-refractivity contribution is -0.128. The molecular weight excluding hydrogens is 408 g/mol. The third kappa shape index (κ3) is 5.62. The number of hydrogen-bond acceptors (Lipinski definition) is 5. The summed E-state index contributed by atoms with van der Waals surface area (Å²) in [5.74, 6) is 2.53. The molecule has 170 valence electrons. The third-order valence-electron chi connectivity index (χ3n) is 6.17. The third-order valence-corrected chi connectivity index (χ3v) is 6.84. The van der Waals surface area contributed by atoms with Gasteiger partial charge in [0.15, 0.2) is 5.16 Å². The van der Waals surface area contributed by atoms with Gasteiger partial charge in [-0.1, -0.05) is 57.0 Å². The van der Waals surface area contributed by atoms with E-state index in [-0.39, 0.29) is 5.91 Å². The first kappa shape index (κ1) is 23.6. The van der Waals surface area contributed by atoms with E-state index >= 15 is 0 Å². The van der Waals surface area contributed by atoms with E-state index in [0.717, 1.165) is 67.4 Å². The Kier molecular flexibility index (Phi) is 8.41. The van der Waals surface area contributed by atoms with Crippen LogP contribution < -0.4 is 10.1 Å². The van der Waals surface area contributed by atoms with Gasteiger partial charge in [-0.05, 0) is 49.1 Å². The van der Waals surface area contributed by atoms with Crippen molar-refractivity contribution >= 4 is 17.7 Å². The fourth-order valence-corrected chi connectivity index (χ4v) is 5.06. The molecule has 1 amide bonds. The molecule has 1 saturated carbocycles. The number of nitrogens with one attached hydrogen (secondary N) is 1. The molecule has 1 heterocycles. The van der Waals surface area contributed by atoms with Gasteiger partial charge in [-0.15, -0.1) is 10.2 Å².